The minimum atomic E-state index is -0.0000424. The van der Waals surface area contributed by atoms with Crippen LogP contribution in [0.25, 0.3) is 11.6 Å². The van der Waals surface area contributed by atoms with Crippen molar-refractivity contribution < 1.29 is 9.32 Å². The Morgan fingerprint density at radius 2 is 1.90 bits per heavy atom. The summed E-state index contributed by atoms with van der Waals surface area (Å²) >= 11 is 0. The number of benzene rings is 1. The summed E-state index contributed by atoms with van der Waals surface area (Å²) in [6.45, 7) is 1.29. The van der Waals surface area contributed by atoms with E-state index in [1.54, 1.807) is 32.2 Å². The number of aliphatic imine (C=N–C) groups is 1. The molecule has 0 spiro atoms. The first-order valence-corrected chi connectivity index (χ1v) is 10.1. The fourth-order valence-corrected chi connectivity index (χ4v) is 2.91. The predicted octanol–water partition coefficient (Wildman–Crippen LogP) is 1.78. The molecule has 9 nitrogen and oxygen atoms in total. The highest BCUT2D eigenvalue weighted by molar-refractivity contribution is 5.94. The SMILES string of the molecule is CN=C(NCCc1cccc(C(=O)N(C)C)c1)NCCc1noc(-c2ccccn2)n1. The molecular weight excluding hydrogens is 394 g/mol. The standard InChI is InChI=1S/C22H27N7O2/c1-23-22(25-13-10-16-7-6-8-17(15-16)21(30)29(2)3)26-14-11-19-27-20(31-28-19)18-9-4-5-12-24-18/h4-9,12,15H,10-11,13-14H2,1-3H3,(H2,23,25,26). The molecule has 0 unspecified atom stereocenters. The van der Waals surface area contributed by atoms with E-state index in [1.807, 2.05) is 42.5 Å². The van der Waals surface area contributed by atoms with Gasteiger partial charge in [0.1, 0.15) is 5.69 Å². The summed E-state index contributed by atoms with van der Waals surface area (Å²) in [7, 11) is 5.22. The highest BCUT2D eigenvalue weighted by Gasteiger charge is 2.10. The summed E-state index contributed by atoms with van der Waals surface area (Å²) in [5, 5.41) is 10.5. The fourth-order valence-electron chi connectivity index (χ4n) is 2.91. The van der Waals surface area contributed by atoms with E-state index in [1.165, 1.54) is 0 Å². The van der Waals surface area contributed by atoms with Crippen LogP contribution in [0.1, 0.15) is 21.7 Å². The van der Waals surface area contributed by atoms with Crippen LogP contribution in [-0.4, -0.2) is 66.1 Å². The maximum atomic E-state index is 12.1. The molecule has 0 fully saturated rings. The third-order valence-corrected chi connectivity index (χ3v) is 4.50. The highest BCUT2D eigenvalue weighted by Crippen LogP contribution is 2.13. The van der Waals surface area contributed by atoms with Crippen LogP contribution in [0.5, 0.6) is 0 Å². The average molecular weight is 422 g/mol. The highest BCUT2D eigenvalue weighted by atomic mass is 16.5. The second-order valence-corrected chi connectivity index (χ2v) is 7.06. The quantitative estimate of drug-likeness (QED) is 0.422. The molecule has 2 aromatic heterocycles. The van der Waals surface area contributed by atoms with Crippen molar-refractivity contribution in [3.05, 3.63) is 65.6 Å². The lowest BCUT2D eigenvalue weighted by Gasteiger charge is -2.13. The van der Waals surface area contributed by atoms with Gasteiger partial charge >= 0.3 is 0 Å². The molecule has 0 aliphatic carbocycles. The van der Waals surface area contributed by atoms with E-state index in [0.717, 1.165) is 12.0 Å². The summed E-state index contributed by atoms with van der Waals surface area (Å²) in [4.78, 5) is 26.5. The van der Waals surface area contributed by atoms with E-state index in [9.17, 15) is 4.79 Å². The molecule has 0 bridgehead atoms. The van der Waals surface area contributed by atoms with Gasteiger partial charge in [-0.3, -0.25) is 14.8 Å². The van der Waals surface area contributed by atoms with Crippen molar-refractivity contribution in [1.29, 1.82) is 0 Å². The number of hydrogen-bond donors (Lipinski definition) is 2. The number of guanidine groups is 1. The van der Waals surface area contributed by atoms with E-state index in [4.69, 9.17) is 4.52 Å². The maximum Gasteiger partial charge on any atom is 0.276 e. The molecule has 1 amide bonds. The Balaban J connectivity index is 1.43. The van der Waals surface area contributed by atoms with Crippen molar-refractivity contribution in [3.8, 4) is 11.6 Å². The minimum Gasteiger partial charge on any atom is -0.356 e. The number of rotatable bonds is 8. The third kappa shape index (κ3) is 6.36. The first-order valence-electron chi connectivity index (χ1n) is 10.1. The van der Waals surface area contributed by atoms with E-state index >= 15 is 0 Å². The minimum absolute atomic E-state index is 0.0000424. The summed E-state index contributed by atoms with van der Waals surface area (Å²) in [6.07, 6.45) is 3.05. The van der Waals surface area contributed by atoms with Gasteiger partial charge in [-0.25, -0.2) is 0 Å². The van der Waals surface area contributed by atoms with E-state index < -0.39 is 0 Å². The third-order valence-electron chi connectivity index (χ3n) is 4.50. The normalized spacial score (nSPS) is 11.3. The van der Waals surface area contributed by atoms with Gasteiger partial charge in [0.2, 0.25) is 0 Å². The van der Waals surface area contributed by atoms with Crippen LogP contribution in [0.2, 0.25) is 0 Å². The number of nitrogens with one attached hydrogen (secondary N) is 2. The molecule has 0 aliphatic rings. The molecule has 9 heteroatoms. The lowest BCUT2D eigenvalue weighted by molar-refractivity contribution is 0.0827. The fraction of sp³-hybridized carbons (Fsp3) is 0.318. The van der Waals surface area contributed by atoms with Crippen LogP contribution in [0.4, 0.5) is 0 Å². The number of pyridine rings is 1. The Morgan fingerprint density at radius 1 is 1.10 bits per heavy atom. The van der Waals surface area contributed by atoms with Crippen LogP contribution < -0.4 is 10.6 Å². The molecule has 162 valence electrons. The number of hydrogen-bond acceptors (Lipinski definition) is 6. The molecular formula is C22H27N7O2. The van der Waals surface area contributed by atoms with Crippen LogP contribution in [0.15, 0.2) is 58.2 Å². The van der Waals surface area contributed by atoms with E-state index in [-0.39, 0.29) is 5.91 Å². The van der Waals surface area contributed by atoms with Crippen molar-refractivity contribution in [1.82, 2.24) is 30.7 Å². The van der Waals surface area contributed by atoms with Crippen molar-refractivity contribution in [3.63, 3.8) is 0 Å². The molecule has 3 aromatic rings. The van der Waals surface area contributed by atoms with Gasteiger partial charge in [0.25, 0.3) is 11.8 Å². The molecule has 0 atom stereocenters. The molecule has 2 N–H and O–H groups in total. The zero-order chi connectivity index (χ0) is 22.1. The molecule has 0 aliphatic heterocycles. The largest absolute Gasteiger partial charge is 0.356 e. The number of carbonyl (C=O) groups is 1. The molecule has 0 radical (unpaired) electrons. The molecule has 3 rings (SSSR count). The van der Waals surface area contributed by atoms with E-state index in [2.05, 4.69) is 30.8 Å². The first kappa shape index (κ1) is 21.9. The van der Waals surface area contributed by atoms with Crippen LogP contribution in [0, 0.1) is 0 Å². The second kappa shape index (κ2) is 10.9. The molecule has 31 heavy (non-hydrogen) atoms. The van der Waals surface area contributed by atoms with Gasteiger partial charge in [-0.15, -0.1) is 0 Å². The molecule has 0 saturated heterocycles. The summed E-state index contributed by atoms with van der Waals surface area (Å²) < 4.78 is 5.27. The van der Waals surface area contributed by atoms with Crippen LogP contribution in [0.3, 0.4) is 0 Å². The lowest BCUT2D eigenvalue weighted by atomic mass is 10.1. The topological polar surface area (TPSA) is 109 Å². The van der Waals surface area contributed by atoms with Crippen molar-refractivity contribution in [2.24, 2.45) is 4.99 Å². The molecule has 1 aromatic carbocycles. The zero-order valence-corrected chi connectivity index (χ0v) is 18.0. The van der Waals surface area contributed by atoms with Crippen molar-refractivity contribution in [2.75, 3.05) is 34.2 Å². The maximum absolute atomic E-state index is 12.1. The van der Waals surface area contributed by atoms with Gasteiger partial charge in [0, 0.05) is 52.4 Å². The monoisotopic (exact) mass is 421 g/mol. The first-order chi connectivity index (χ1) is 15.1. The van der Waals surface area contributed by atoms with Gasteiger partial charge in [-0.1, -0.05) is 23.4 Å². The van der Waals surface area contributed by atoms with Gasteiger partial charge in [-0.05, 0) is 36.2 Å². The Kier molecular flexibility index (Phi) is 7.69. The van der Waals surface area contributed by atoms with Crippen LogP contribution >= 0.6 is 0 Å². The summed E-state index contributed by atoms with van der Waals surface area (Å²) in [6, 6.07) is 13.2. The number of amides is 1. The number of nitrogens with zero attached hydrogens (tertiary/aromatic N) is 5. The van der Waals surface area contributed by atoms with Gasteiger partial charge < -0.3 is 20.1 Å². The Labute approximate surface area is 181 Å². The summed E-state index contributed by atoms with van der Waals surface area (Å²) in [5.41, 5.74) is 2.43. The van der Waals surface area contributed by atoms with Crippen LogP contribution in [-0.2, 0) is 12.8 Å². The molecule has 2 heterocycles. The van der Waals surface area contributed by atoms with Crippen molar-refractivity contribution in [2.45, 2.75) is 12.8 Å². The van der Waals surface area contributed by atoms with Gasteiger partial charge in [-0.2, -0.15) is 4.98 Å². The van der Waals surface area contributed by atoms with Gasteiger partial charge in [0.15, 0.2) is 11.8 Å². The molecule has 0 saturated carbocycles. The Morgan fingerprint density at radius 3 is 2.61 bits per heavy atom. The Hall–Kier alpha value is -3.75. The zero-order valence-electron chi connectivity index (χ0n) is 18.0. The van der Waals surface area contributed by atoms with Crippen molar-refractivity contribution >= 4 is 11.9 Å². The Bertz CT molecular complexity index is 1020. The number of aromatic nitrogens is 3. The van der Waals surface area contributed by atoms with Gasteiger partial charge in [0.05, 0.1) is 0 Å². The number of carbonyl (C=O) groups excluding carboxylic acids is 1. The second-order valence-electron chi connectivity index (χ2n) is 7.06. The summed E-state index contributed by atoms with van der Waals surface area (Å²) in [5.74, 6) is 1.70. The average Bonchev–Trinajstić information content (AvgIpc) is 3.27. The smallest absolute Gasteiger partial charge is 0.276 e. The van der Waals surface area contributed by atoms with E-state index in [0.29, 0.717) is 48.4 Å². The predicted molar refractivity (Wildman–Crippen MR) is 119 cm³/mol. The lowest BCUT2D eigenvalue weighted by Crippen LogP contribution is -2.39.